The smallest absolute Gasteiger partial charge is 0.269 e. The van der Waals surface area contributed by atoms with Crippen molar-refractivity contribution in [1.82, 2.24) is 10.9 Å². The fraction of sp³-hybridized carbons (Fsp3) is 0.333. The first-order valence-electron chi connectivity index (χ1n) is 5.35. The average molecular weight is 299 g/mol. The number of carbonyl (C=O) groups is 2. The number of aryl methyl sites for hydroxylation is 1. The van der Waals surface area contributed by atoms with Gasteiger partial charge in [0.1, 0.15) is 0 Å². The van der Waals surface area contributed by atoms with Crippen molar-refractivity contribution < 1.29 is 9.59 Å². The van der Waals surface area contributed by atoms with Crippen LogP contribution in [0.1, 0.15) is 29.3 Å². The first kappa shape index (κ1) is 13.7. The highest BCUT2D eigenvalue weighted by molar-refractivity contribution is 9.10. The summed E-state index contributed by atoms with van der Waals surface area (Å²) in [6.45, 7) is 3.82. The Labute approximate surface area is 109 Å². The Kier molecular flexibility index (Phi) is 5.15. The van der Waals surface area contributed by atoms with Gasteiger partial charge in [-0.05, 0) is 25.5 Å². The summed E-state index contributed by atoms with van der Waals surface area (Å²) < 4.78 is 0. The Morgan fingerprint density at radius 1 is 1.24 bits per heavy atom. The summed E-state index contributed by atoms with van der Waals surface area (Å²) in [5, 5.41) is 0. The summed E-state index contributed by atoms with van der Waals surface area (Å²) in [5.41, 5.74) is 6.32. The number of halogens is 1. The maximum atomic E-state index is 11.6. The van der Waals surface area contributed by atoms with Gasteiger partial charge < -0.3 is 0 Å². The van der Waals surface area contributed by atoms with E-state index in [4.69, 9.17) is 0 Å². The molecular formula is C12H15BrN2O2. The topological polar surface area (TPSA) is 58.2 Å². The van der Waals surface area contributed by atoms with Crippen molar-refractivity contribution in [2.24, 2.45) is 0 Å². The van der Waals surface area contributed by atoms with E-state index in [0.29, 0.717) is 12.0 Å². The van der Waals surface area contributed by atoms with Crippen molar-refractivity contribution in [2.45, 2.75) is 25.1 Å². The number of amides is 2. The van der Waals surface area contributed by atoms with Gasteiger partial charge in [0.15, 0.2) is 0 Å². The van der Waals surface area contributed by atoms with Crippen molar-refractivity contribution in [2.75, 3.05) is 0 Å². The Morgan fingerprint density at radius 3 is 2.35 bits per heavy atom. The minimum atomic E-state index is -0.325. The molecule has 0 bridgehead atoms. The van der Waals surface area contributed by atoms with Gasteiger partial charge in [-0.25, -0.2) is 0 Å². The van der Waals surface area contributed by atoms with Gasteiger partial charge >= 0.3 is 0 Å². The maximum Gasteiger partial charge on any atom is 0.269 e. The van der Waals surface area contributed by atoms with E-state index in [2.05, 4.69) is 26.8 Å². The van der Waals surface area contributed by atoms with Gasteiger partial charge in [0.2, 0.25) is 0 Å². The van der Waals surface area contributed by atoms with Crippen LogP contribution in [0.25, 0.3) is 0 Å². The quantitative estimate of drug-likeness (QED) is 0.662. The molecule has 2 N–H and O–H groups in total. The largest absolute Gasteiger partial charge is 0.272 e. The predicted octanol–water partition coefficient (Wildman–Crippen LogP) is 1.93. The van der Waals surface area contributed by atoms with Gasteiger partial charge in [0, 0.05) is 5.56 Å². The third kappa shape index (κ3) is 4.19. The molecule has 92 valence electrons. The Hall–Kier alpha value is -1.36. The highest BCUT2D eigenvalue weighted by atomic mass is 79.9. The fourth-order valence-corrected chi connectivity index (χ4v) is 1.27. The molecule has 0 radical (unpaired) electrons. The Balaban J connectivity index is 2.50. The summed E-state index contributed by atoms with van der Waals surface area (Å²) in [6, 6.07) is 7.11. The van der Waals surface area contributed by atoms with E-state index in [9.17, 15) is 9.59 Å². The van der Waals surface area contributed by atoms with Crippen LogP contribution in [0, 0.1) is 6.92 Å². The van der Waals surface area contributed by atoms with Crippen LogP contribution in [-0.2, 0) is 4.79 Å². The standard InChI is InChI=1S/C12H15BrN2O2/c1-3-10(13)12(17)15-14-11(16)9-6-4-8(2)5-7-9/h4-7,10H,3H2,1-2H3,(H,14,16)(H,15,17). The van der Waals surface area contributed by atoms with E-state index >= 15 is 0 Å². The lowest BCUT2D eigenvalue weighted by atomic mass is 10.1. The zero-order valence-electron chi connectivity index (χ0n) is 9.79. The molecule has 1 unspecified atom stereocenters. The second-order valence-electron chi connectivity index (χ2n) is 3.69. The first-order valence-corrected chi connectivity index (χ1v) is 6.27. The van der Waals surface area contributed by atoms with Crippen molar-refractivity contribution in [3.8, 4) is 0 Å². The summed E-state index contributed by atoms with van der Waals surface area (Å²) in [6.07, 6.45) is 0.659. The highest BCUT2D eigenvalue weighted by Gasteiger charge is 2.13. The first-order chi connectivity index (χ1) is 8.04. The summed E-state index contributed by atoms with van der Waals surface area (Å²) >= 11 is 3.19. The van der Waals surface area contributed by atoms with E-state index in [0.717, 1.165) is 5.56 Å². The predicted molar refractivity (Wildman–Crippen MR) is 69.8 cm³/mol. The number of carbonyl (C=O) groups excluding carboxylic acids is 2. The average Bonchev–Trinajstić information content (AvgIpc) is 2.35. The van der Waals surface area contributed by atoms with Gasteiger partial charge in [-0.2, -0.15) is 0 Å². The lowest BCUT2D eigenvalue weighted by Crippen LogP contribution is -2.44. The minimum Gasteiger partial charge on any atom is -0.272 e. The number of hydrogen-bond donors (Lipinski definition) is 2. The van der Waals surface area contributed by atoms with Gasteiger partial charge in [-0.1, -0.05) is 40.5 Å². The number of alkyl halides is 1. The number of benzene rings is 1. The highest BCUT2D eigenvalue weighted by Crippen LogP contribution is 2.04. The van der Waals surface area contributed by atoms with E-state index in [1.165, 1.54) is 0 Å². The third-order valence-corrected chi connectivity index (χ3v) is 3.32. The van der Waals surface area contributed by atoms with Crippen LogP contribution >= 0.6 is 15.9 Å². The SMILES string of the molecule is CCC(Br)C(=O)NNC(=O)c1ccc(C)cc1. The van der Waals surface area contributed by atoms with E-state index in [1.54, 1.807) is 12.1 Å². The number of hydrazine groups is 1. The zero-order chi connectivity index (χ0) is 12.8. The van der Waals surface area contributed by atoms with Crippen LogP contribution in [0.3, 0.4) is 0 Å². The van der Waals surface area contributed by atoms with Crippen molar-refractivity contribution >= 4 is 27.7 Å². The molecule has 0 aliphatic rings. The molecule has 1 aromatic rings. The molecule has 0 saturated carbocycles. The molecule has 0 saturated heterocycles. The van der Waals surface area contributed by atoms with Crippen LogP contribution in [0.2, 0.25) is 0 Å². The van der Waals surface area contributed by atoms with Gasteiger partial charge in [0.05, 0.1) is 4.83 Å². The molecular weight excluding hydrogens is 284 g/mol. The van der Waals surface area contributed by atoms with Crippen LogP contribution < -0.4 is 10.9 Å². The van der Waals surface area contributed by atoms with Crippen LogP contribution in [0.15, 0.2) is 24.3 Å². The molecule has 17 heavy (non-hydrogen) atoms. The summed E-state index contributed by atoms with van der Waals surface area (Å²) in [4.78, 5) is 22.7. The maximum absolute atomic E-state index is 11.6. The van der Waals surface area contributed by atoms with Gasteiger partial charge in [0.25, 0.3) is 11.8 Å². The summed E-state index contributed by atoms with van der Waals surface area (Å²) in [5.74, 6) is -0.581. The molecule has 0 heterocycles. The fourth-order valence-electron chi connectivity index (χ4n) is 1.16. The van der Waals surface area contributed by atoms with Crippen LogP contribution in [-0.4, -0.2) is 16.6 Å². The molecule has 1 rings (SSSR count). The lowest BCUT2D eigenvalue weighted by Gasteiger charge is -2.10. The zero-order valence-corrected chi connectivity index (χ0v) is 11.4. The van der Waals surface area contributed by atoms with Crippen LogP contribution in [0.4, 0.5) is 0 Å². The second-order valence-corrected chi connectivity index (χ2v) is 4.79. The minimum absolute atomic E-state index is 0.257. The molecule has 0 aliphatic heterocycles. The summed E-state index contributed by atoms with van der Waals surface area (Å²) in [7, 11) is 0. The van der Waals surface area contributed by atoms with Gasteiger partial charge in [-0.3, -0.25) is 20.4 Å². The van der Waals surface area contributed by atoms with E-state index < -0.39 is 0 Å². The molecule has 0 aromatic heterocycles. The monoisotopic (exact) mass is 298 g/mol. The third-order valence-electron chi connectivity index (χ3n) is 2.26. The normalized spacial score (nSPS) is 11.7. The molecule has 0 spiro atoms. The molecule has 2 amide bonds. The number of nitrogens with one attached hydrogen (secondary N) is 2. The van der Waals surface area contributed by atoms with Gasteiger partial charge in [-0.15, -0.1) is 0 Å². The molecule has 1 atom stereocenters. The molecule has 0 fully saturated rings. The second kappa shape index (κ2) is 6.39. The van der Waals surface area contributed by atoms with E-state index in [-0.39, 0.29) is 16.6 Å². The van der Waals surface area contributed by atoms with Crippen molar-refractivity contribution in [3.05, 3.63) is 35.4 Å². The molecule has 0 aliphatic carbocycles. The lowest BCUT2D eigenvalue weighted by molar-refractivity contribution is -0.121. The number of hydrogen-bond acceptors (Lipinski definition) is 2. The molecule has 4 nitrogen and oxygen atoms in total. The van der Waals surface area contributed by atoms with Crippen LogP contribution in [0.5, 0.6) is 0 Å². The Morgan fingerprint density at radius 2 is 1.82 bits per heavy atom. The van der Waals surface area contributed by atoms with Crippen molar-refractivity contribution in [1.29, 1.82) is 0 Å². The van der Waals surface area contributed by atoms with E-state index in [1.807, 2.05) is 26.0 Å². The Bertz CT molecular complexity index is 403. The number of rotatable bonds is 3. The van der Waals surface area contributed by atoms with Crippen molar-refractivity contribution in [3.63, 3.8) is 0 Å². The molecule has 5 heteroatoms. The molecule has 1 aromatic carbocycles.